The fraction of sp³-hybridized carbons (Fsp3) is 0.0222. The molecule has 0 aliphatic carbocycles. The first-order valence-electron chi connectivity index (χ1n) is 15.9. The second-order valence-corrected chi connectivity index (χ2v) is 12.8. The van der Waals surface area contributed by atoms with Crippen molar-refractivity contribution in [3.05, 3.63) is 203 Å². The molecule has 1 N–H and O–H groups in total. The van der Waals surface area contributed by atoms with Crippen LogP contribution in [0.1, 0.15) is 16.7 Å². The molecule has 0 amide bonds. The first-order valence-corrected chi connectivity index (χ1v) is 16.7. The van der Waals surface area contributed by atoms with Gasteiger partial charge in [0.25, 0.3) is 0 Å². The van der Waals surface area contributed by atoms with Crippen LogP contribution in [0.15, 0.2) is 186 Å². The molecule has 0 spiro atoms. The Bertz CT molecular complexity index is 2290. The Hall–Kier alpha value is -5.28. The second-order valence-electron chi connectivity index (χ2n) is 11.9. The third kappa shape index (κ3) is 5.07. The molecule has 0 radical (unpaired) electrons. The highest BCUT2D eigenvalue weighted by Gasteiger charge is 2.36. The van der Waals surface area contributed by atoms with E-state index in [0.29, 0.717) is 0 Å². The number of aliphatic hydroxyl groups is 1. The first kappa shape index (κ1) is 29.1. The highest BCUT2D eigenvalue weighted by atomic mass is 79.9. The summed E-state index contributed by atoms with van der Waals surface area (Å²) in [6.07, 6.45) is 0. The number of halogens is 1. The molecule has 0 saturated heterocycles. The third-order valence-corrected chi connectivity index (χ3v) is 9.78. The Balaban J connectivity index is 1.35. The standard InChI is InChI=1S/C45H31BrO/c46-36-29-27-35(28-30-36)45(47,42-22-12-11-17-37(42)31-13-3-1-4-14-31)34-25-23-33(24-26-34)44-40-20-9-7-18-38(40)43(32-15-5-2-6-16-32)39-19-8-10-21-41(39)44/h1-30,47H. The number of rotatable bonds is 6. The van der Waals surface area contributed by atoms with Gasteiger partial charge >= 0.3 is 0 Å². The highest BCUT2D eigenvalue weighted by molar-refractivity contribution is 9.10. The van der Waals surface area contributed by atoms with Gasteiger partial charge in [-0.15, -0.1) is 0 Å². The van der Waals surface area contributed by atoms with Crippen LogP contribution in [0.4, 0.5) is 0 Å². The molecule has 0 fully saturated rings. The molecule has 0 bridgehead atoms. The summed E-state index contributed by atoms with van der Waals surface area (Å²) in [6, 6.07) is 63.0. The van der Waals surface area contributed by atoms with Crippen molar-refractivity contribution < 1.29 is 5.11 Å². The molecular weight excluding hydrogens is 636 g/mol. The largest absolute Gasteiger partial charge is 0.376 e. The number of fused-ring (bicyclic) bond motifs is 2. The zero-order valence-corrected chi connectivity index (χ0v) is 27.2. The SMILES string of the molecule is OC(c1ccc(Br)cc1)(c1ccc(-c2c3ccccc3c(-c3ccccc3)c3ccccc23)cc1)c1ccccc1-c1ccccc1. The molecule has 0 aliphatic rings. The lowest BCUT2D eigenvalue weighted by Gasteiger charge is -2.32. The summed E-state index contributed by atoms with van der Waals surface area (Å²) in [5.74, 6) is 0. The van der Waals surface area contributed by atoms with Gasteiger partial charge in [0.15, 0.2) is 0 Å². The van der Waals surface area contributed by atoms with Crippen LogP contribution in [-0.2, 0) is 5.60 Å². The van der Waals surface area contributed by atoms with Crippen molar-refractivity contribution in [2.75, 3.05) is 0 Å². The molecule has 0 saturated carbocycles. The molecule has 1 unspecified atom stereocenters. The minimum atomic E-state index is -1.40. The van der Waals surface area contributed by atoms with Gasteiger partial charge in [0.05, 0.1) is 0 Å². The third-order valence-electron chi connectivity index (χ3n) is 9.25. The molecule has 8 aromatic carbocycles. The average Bonchev–Trinajstić information content (AvgIpc) is 3.14. The predicted molar refractivity (Wildman–Crippen MR) is 200 cm³/mol. The van der Waals surface area contributed by atoms with Crippen LogP contribution >= 0.6 is 15.9 Å². The fourth-order valence-corrected chi connectivity index (χ4v) is 7.33. The molecular formula is C45H31BrO. The smallest absolute Gasteiger partial charge is 0.141 e. The monoisotopic (exact) mass is 666 g/mol. The van der Waals surface area contributed by atoms with E-state index in [-0.39, 0.29) is 0 Å². The first-order chi connectivity index (χ1) is 23.1. The van der Waals surface area contributed by atoms with E-state index in [1.807, 2.05) is 60.7 Å². The van der Waals surface area contributed by atoms with E-state index < -0.39 is 5.60 Å². The molecule has 1 atom stereocenters. The maximum absolute atomic E-state index is 13.0. The van der Waals surface area contributed by atoms with Gasteiger partial charge in [0, 0.05) is 10.0 Å². The minimum absolute atomic E-state index is 0.806. The van der Waals surface area contributed by atoms with E-state index in [0.717, 1.165) is 37.9 Å². The van der Waals surface area contributed by atoms with Crippen molar-refractivity contribution in [1.82, 2.24) is 0 Å². The van der Waals surface area contributed by atoms with E-state index >= 15 is 0 Å². The molecule has 0 aliphatic heterocycles. The van der Waals surface area contributed by atoms with Gasteiger partial charge in [-0.2, -0.15) is 0 Å². The lowest BCUT2D eigenvalue weighted by molar-refractivity contribution is 0.126. The van der Waals surface area contributed by atoms with E-state index in [2.05, 4.69) is 137 Å². The van der Waals surface area contributed by atoms with Crippen LogP contribution in [0.5, 0.6) is 0 Å². The van der Waals surface area contributed by atoms with Crippen molar-refractivity contribution in [3.8, 4) is 33.4 Å². The van der Waals surface area contributed by atoms with Crippen LogP contribution < -0.4 is 0 Å². The Morgan fingerprint density at radius 1 is 0.362 bits per heavy atom. The molecule has 1 nitrogen and oxygen atoms in total. The summed E-state index contributed by atoms with van der Waals surface area (Å²) in [4.78, 5) is 0. The molecule has 8 rings (SSSR count). The van der Waals surface area contributed by atoms with Gasteiger partial charge in [0.2, 0.25) is 0 Å². The molecule has 2 heteroatoms. The predicted octanol–water partition coefficient (Wildman–Crippen LogP) is 12.0. The second kappa shape index (κ2) is 12.1. The summed E-state index contributed by atoms with van der Waals surface area (Å²) in [6.45, 7) is 0. The van der Waals surface area contributed by atoms with Crippen LogP contribution in [-0.4, -0.2) is 5.11 Å². The van der Waals surface area contributed by atoms with Crippen LogP contribution in [0.2, 0.25) is 0 Å². The highest BCUT2D eigenvalue weighted by Crippen LogP contribution is 2.46. The van der Waals surface area contributed by atoms with Crippen molar-refractivity contribution in [2.24, 2.45) is 0 Å². The maximum Gasteiger partial charge on any atom is 0.141 e. The van der Waals surface area contributed by atoms with Crippen LogP contribution in [0.25, 0.3) is 54.9 Å². The van der Waals surface area contributed by atoms with Gasteiger partial charge in [-0.05, 0) is 78.2 Å². The lowest BCUT2D eigenvalue weighted by atomic mass is 9.77. The number of benzene rings is 8. The number of hydrogen-bond acceptors (Lipinski definition) is 1. The Morgan fingerprint density at radius 3 is 1.26 bits per heavy atom. The minimum Gasteiger partial charge on any atom is -0.376 e. The number of hydrogen-bond donors (Lipinski definition) is 1. The summed E-state index contributed by atoms with van der Waals surface area (Å²) in [5, 5.41) is 17.9. The summed E-state index contributed by atoms with van der Waals surface area (Å²) >= 11 is 3.59. The Labute approximate surface area is 283 Å². The van der Waals surface area contributed by atoms with Crippen molar-refractivity contribution in [3.63, 3.8) is 0 Å². The van der Waals surface area contributed by atoms with Gasteiger partial charge in [-0.3, -0.25) is 0 Å². The zero-order chi connectivity index (χ0) is 31.8. The Kier molecular flexibility index (Phi) is 7.53. The van der Waals surface area contributed by atoms with Crippen molar-refractivity contribution in [1.29, 1.82) is 0 Å². The quantitative estimate of drug-likeness (QED) is 0.138. The van der Waals surface area contributed by atoms with E-state index in [4.69, 9.17) is 0 Å². The van der Waals surface area contributed by atoms with Gasteiger partial charge in [-0.1, -0.05) is 186 Å². The average molecular weight is 668 g/mol. The van der Waals surface area contributed by atoms with E-state index in [9.17, 15) is 5.11 Å². The maximum atomic E-state index is 13.0. The topological polar surface area (TPSA) is 20.2 Å². The Morgan fingerprint density at radius 2 is 0.745 bits per heavy atom. The summed E-state index contributed by atoms with van der Waals surface area (Å²) in [7, 11) is 0. The van der Waals surface area contributed by atoms with Crippen molar-refractivity contribution >= 4 is 37.5 Å². The van der Waals surface area contributed by atoms with E-state index in [1.165, 1.54) is 38.2 Å². The van der Waals surface area contributed by atoms with Crippen molar-refractivity contribution in [2.45, 2.75) is 5.60 Å². The fourth-order valence-electron chi connectivity index (χ4n) is 7.07. The molecule has 47 heavy (non-hydrogen) atoms. The summed E-state index contributed by atoms with van der Waals surface area (Å²) in [5.41, 5.74) is 7.87. The van der Waals surface area contributed by atoms with Gasteiger partial charge in [-0.25, -0.2) is 0 Å². The lowest BCUT2D eigenvalue weighted by Crippen LogP contribution is -2.29. The van der Waals surface area contributed by atoms with Crippen LogP contribution in [0.3, 0.4) is 0 Å². The summed E-state index contributed by atoms with van der Waals surface area (Å²) < 4.78 is 0.966. The molecule has 0 heterocycles. The molecule has 224 valence electrons. The van der Waals surface area contributed by atoms with Gasteiger partial charge < -0.3 is 5.11 Å². The zero-order valence-electron chi connectivity index (χ0n) is 25.6. The molecule has 0 aromatic heterocycles. The molecule has 8 aromatic rings. The van der Waals surface area contributed by atoms with Crippen LogP contribution in [0, 0.1) is 0 Å². The van der Waals surface area contributed by atoms with E-state index in [1.54, 1.807) is 0 Å². The van der Waals surface area contributed by atoms with Gasteiger partial charge in [0.1, 0.15) is 5.60 Å². The normalized spacial score (nSPS) is 12.6.